The third-order valence-corrected chi connectivity index (χ3v) is 6.80. The van der Waals surface area contributed by atoms with Crippen molar-refractivity contribution < 1.29 is 28.2 Å². The van der Waals surface area contributed by atoms with Crippen LogP contribution in [0.25, 0.3) is 28.4 Å². The minimum absolute atomic E-state index is 0.0944. The lowest BCUT2D eigenvalue weighted by Crippen LogP contribution is -2.09. The van der Waals surface area contributed by atoms with Crippen LogP contribution >= 0.6 is 23.2 Å². The standard InChI is InChI=1S/C31H18Cl2O6/c1-36-20-10-12-25-23(15-20)28(30(39-25)17-5-3-2-4-6-17)31(35)37-21-9-11-22-26(16-21)38-27(29(22)34)13-18-7-8-19(32)14-24(18)33/h2-16H,1H3. The van der Waals surface area contributed by atoms with E-state index in [0.29, 0.717) is 43.7 Å². The minimum atomic E-state index is -0.631. The van der Waals surface area contributed by atoms with Gasteiger partial charge in [-0.3, -0.25) is 4.79 Å². The van der Waals surface area contributed by atoms with Gasteiger partial charge in [-0.05, 0) is 54.1 Å². The van der Waals surface area contributed by atoms with Crippen molar-refractivity contribution in [2.75, 3.05) is 7.11 Å². The second-order valence-electron chi connectivity index (χ2n) is 8.69. The first kappa shape index (κ1) is 24.8. The molecule has 0 fully saturated rings. The van der Waals surface area contributed by atoms with Crippen LogP contribution in [0.4, 0.5) is 0 Å². The Kier molecular flexibility index (Phi) is 6.35. The largest absolute Gasteiger partial charge is 0.497 e. The molecule has 1 aliphatic heterocycles. The number of halogens is 2. The highest BCUT2D eigenvalue weighted by atomic mass is 35.5. The number of methoxy groups -OCH3 is 1. The molecule has 192 valence electrons. The zero-order valence-electron chi connectivity index (χ0n) is 20.4. The van der Waals surface area contributed by atoms with E-state index in [1.165, 1.54) is 6.07 Å². The van der Waals surface area contributed by atoms with E-state index in [2.05, 4.69) is 0 Å². The lowest BCUT2D eigenvalue weighted by atomic mass is 10.1. The Morgan fingerprint density at radius 1 is 0.897 bits per heavy atom. The van der Waals surface area contributed by atoms with Crippen molar-refractivity contribution >= 4 is 52.0 Å². The Hall–Kier alpha value is -4.52. The van der Waals surface area contributed by atoms with Gasteiger partial charge >= 0.3 is 5.97 Å². The quantitative estimate of drug-likeness (QED) is 0.123. The van der Waals surface area contributed by atoms with E-state index >= 15 is 0 Å². The van der Waals surface area contributed by atoms with Gasteiger partial charge < -0.3 is 18.6 Å². The maximum atomic E-state index is 13.6. The first-order valence-electron chi connectivity index (χ1n) is 11.8. The molecular formula is C31H18Cl2O6. The third kappa shape index (κ3) is 4.65. The van der Waals surface area contributed by atoms with Gasteiger partial charge in [-0.2, -0.15) is 0 Å². The Morgan fingerprint density at radius 3 is 2.46 bits per heavy atom. The Balaban J connectivity index is 1.33. The number of hydrogen-bond donors (Lipinski definition) is 0. The van der Waals surface area contributed by atoms with Crippen molar-refractivity contribution in [1.82, 2.24) is 0 Å². The fourth-order valence-corrected chi connectivity index (χ4v) is 4.81. The molecule has 0 aliphatic carbocycles. The second kappa shape index (κ2) is 9.98. The number of benzene rings is 4. The molecule has 6 nitrogen and oxygen atoms in total. The molecule has 5 aromatic rings. The lowest BCUT2D eigenvalue weighted by Gasteiger charge is -2.07. The molecule has 0 atom stereocenters. The van der Waals surface area contributed by atoms with Gasteiger partial charge in [-0.25, -0.2) is 4.79 Å². The average Bonchev–Trinajstić information content (AvgIpc) is 3.47. The molecule has 0 saturated heterocycles. The molecule has 4 aromatic carbocycles. The minimum Gasteiger partial charge on any atom is -0.497 e. The predicted octanol–water partition coefficient (Wildman–Crippen LogP) is 8.25. The first-order chi connectivity index (χ1) is 18.9. The maximum absolute atomic E-state index is 13.6. The van der Waals surface area contributed by atoms with E-state index in [1.807, 2.05) is 30.3 Å². The summed E-state index contributed by atoms with van der Waals surface area (Å²) in [5.41, 5.74) is 2.41. The van der Waals surface area contributed by atoms with Crippen LogP contribution in [0.2, 0.25) is 10.0 Å². The monoisotopic (exact) mass is 556 g/mol. The molecule has 0 bridgehead atoms. The summed E-state index contributed by atoms with van der Waals surface area (Å²) in [5.74, 6) is 0.569. The maximum Gasteiger partial charge on any atom is 0.348 e. The Labute approximate surface area is 232 Å². The normalized spacial score (nSPS) is 13.4. The number of allylic oxidation sites excluding steroid dienone is 1. The zero-order chi connectivity index (χ0) is 27.1. The van der Waals surface area contributed by atoms with Crippen molar-refractivity contribution in [1.29, 1.82) is 0 Å². The average molecular weight is 557 g/mol. The van der Waals surface area contributed by atoms with Crippen molar-refractivity contribution in [2.24, 2.45) is 0 Å². The number of Topliss-reactive ketones (excluding diaryl/α,β-unsaturated/α-hetero) is 1. The summed E-state index contributed by atoms with van der Waals surface area (Å²) in [6.45, 7) is 0. The number of esters is 1. The summed E-state index contributed by atoms with van der Waals surface area (Å²) < 4.78 is 23.0. The fraction of sp³-hybridized carbons (Fsp3) is 0.0323. The van der Waals surface area contributed by atoms with Gasteiger partial charge in [0.15, 0.2) is 5.76 Å². The van der Waals surface area contributed by atoms with Crippen LogP contribution in [0.15, 0.2) is 95.1 Å². The predicted molar refractivity (Wildman–Crippen MR) is 149 cm³/mol. The Bertz CT molecular complexity index is 1800. The molecule has 0 N–H and O–H groups in total. The van der Waals surface area contributed by atoms with E-state index in [-0.39, 0.29) is 28.6 Å². The highest BCUT2D eigenvalue weighted by Gasteiger charge is 2.29. The molecule has 6 rings (SSSR count). The van der Waals surface area contributed by atoms with Gasteiger partial charge in [0.25, 0.3) is 0 Å². The SMILES string of the molecule is COc1ccc2oc(-c3ccccc3)c(C(=O)Oc3ccc4c(c3)OC(=Cc3ccc(Cl)cc3Cl)C4=O)c2c1. The summed E-state index contributed by atoms with van der Waals surface area (Å²) in [5, 5.41) is 1.42. The number of furan rings is 1. The topological polar surface area (TPSA) is 75.0 Å². The molecule has 0 radical (unpaired) electrons. The van der Waals surface area contributed by atoms with Crippen molar-refractivity contribution in [3.05, 3.63) is 117 Å². The molecule has 1 aromatic heterocycles. The van der Waals surface area contributed by atoms with Crippen LogP contribution in [0.1, 0.15) is 26.3 Å². The highest BCUT2D eigenvalue weighted by molar-refractivity contribution is 6.35. The summed E-state index contributed by atoms with van der Waals surface area (Å²) in [6.07, 6.45) is 1.55. The molecule has 1 aliphatic rings. The van der Waals surface area contributed by atoms with Gasteiger partial charge in [0.05, 0.1) is 12.7 Å². The van der Waals surface area contributed by atoms with Crippen LogP contribution in [0.3, 0.4) is 0 Å². The smallest absolute Gasteiger partial charge is 0.348 e. The van der Waals surface area contributed by atoms with Crippen LogP contribution < -0.4 is 14.2 Å². The van der Waals surface area contributed by atoms with Gasteiger partial charge in [-0.15, -0.1) is 0 Å². The van der Waals surface area contributed by atoms with Crippen LogP contribution in [-0.2, 0) is 0 Å². The summed E-state index contributed by atoms with van der Waals surface area (Å²) >= 11 is 12.2. The van der Waals surface area contributed by atoms with Gasteiger partial charge in [0.1, 0.15) is 34.2 Å². The molecule has 0 saturated carbocycles. The van der Waals surface area contributed by atoms with E-state index in [1.54, 1.807) is 61.7 Å². The van der Waals surface area contributed by atoms with E-state index < -0.39 is 5.97 Å². The van der Waals surface area contributed by atoms with Crippen molar-refractivity contribution in [3.8, 4) is 28.6 Å². The summed E-state index contributed by atoms with van der Waals surface area (Å²) in [7, 11) is 1.55. The number of ketones is 1. The van der Waals surface area contributed by atoms with Crippen molar-refractivity contribution in [2.45, 2.75) is 0 Å². The van der Waals surface area contributed by atoms with E-state index in [4.69, 9.17) is 41.8 Å². The van der Waals surface area contributed by atoms with Crippen LogP contribution in [0, 0.1) is 0 Å². The van der Waals surface area contributed by atoms with Gasteiger partial charge in [0.2, 0.25) is 5.78 Å². The lowest BCUT2D eigenvalue weighted by molar-refractivity contribution is 0.0736. The van der Waals surface area contributed by atoms with Crippen molar-refractivity contribution in [3.63, 3.8) is 0 Å². The molecule has 0 spiro atoms. The molecule has 0 amide bonds. The number of fused-ring (bicyclic) bond motifs is 2. The number of ether oxygens (including phenoxy) is 3. The third-order valence-electron chi connectivity index (χ3n) is 6.24. The van der Waals surface area contributed by atoms with E-state index in [9.17, 15) is 9.59 Å². The van der Waals surface area contributed by atoms with Gasteiger partial charge in [0, 0.05) is 27.1 Å². The van der Waals surface area contributed by atoms with E-state index in [0.717, 1.165) is 5.56 Å². The second-order valence-corrected chi connectivity index (χ2v) is 9.53. The number of hydrogen-bond acceptors (Lipinski definition) is 6. The first-order valence-corrected chi connectivity index (χ1v) is 12.6. The van der Waals surface area contributed by atoms with Gasteiger partial charge in [-0.1, -0.05) is 59.6 Å². The molecule has 0 unspecified atom stereocenters. The highest BCUT2D eigenvalue weighted by Crippen LogP contribution is 2.38. The fourth-order valence-electron chi connectivity index (χ4n) is 4.35. The Morgan fingerprint density at radius 2 is 1.69 bits per heavy atom. The zero-order valence-corrected chi connectivity index (χ0v) is 21.9. The summed E-state index contributed by atoms with van der Waals surface area (Å²) in [6, 6.07) is 24.1. The molecular weight excluding hydrogens is 539 g/mol. The molecule has 2 heterocycles. The summed E-state index contributed by atoms with van der Waals surface area (Å²) in [4.78, 5) is 26.5. The molecule has 39 heavy (non-hydrogen) atoms. The van der Waals surface area contributed by atoms with Crippen LogP contribution in [0.5, 0.6) is 17.2 Å². The number of rotatable bonds is 5. The van der Waals surface area contributed by atoms with Crippen LogP contribution in [-0.4, -0.2) is 18.9 Å². The number of carbonyl (C=O) groups excluding carboxylic acids is 2. The number of carbonyl (C=O) groups is 2. The molecule has 8 heteroatoms.